The van der Waals surface area contributed by atoms with Gasteiger partial charge in [0.1, 0.15) is 5.69 Å². The van der Waals surface area contributed by atoms with E-state index in [1.165, 1.54) is 17.4 Å². The van der Waals surface area contributed by atoms with E-state index < -0.39 is 11.9 Å². The summed E-state index contributed by atoms with van der Waals surface area (Å²) in [5.41, 5.74) is 0.282. The lowest BCUT2D eigenvalue weighted by Crippen LogP contribution is -2.07. The molecule has 1 N–H and O–H groups in total. The molecule has 8 heteroatoms. The first kappa shape index (κ1) is 14.1. The molecule has 0 aliphatic carbocycles. The van der Waals surface area contributed by atoms with Gasteiger partial charge in [-0.2, -0.15) is 13.2 Å². The quantitative estimate of drug-likeness (QED) is 0.710. The van der Waals surface area contributed by atoms with Gasteiger partial charge in [0, 0.05) is 5.02 Å². The molecule has 3 nitrogen and oxygen atoms in total. The van der Waals surface area contributed by atoms with Gasteiger partial charge in [-0.3, -0.25) is 0 Å². The molecule has 0 saturated carbocycles. The van der Waals surface area contributed by atoms with E-state index in [0.29, 0.717) is 15.8 Å². The molecule has 0 fully saturated rings. The van der Waals surface area contributed by atoms with Crippen LogP contribution in [0, 0.1) is 0 Å². The molecule has 1 aromatic carbocycles. The molecule has 0 aliphatic heterocycles. The van der Waals surface area contributed by atoms with Crippen molar-refractivity contribution in [1.29, 1.82) is 0 Å². The molecule has 3 rings (SSSR count). The number of fused-ring (bicyclic) bond motifs is 1. The van der Waals surface area contributed by atoms with Gasteiger partial charge < -0.3 is 5.32 Å². The van der Waals surface area contributed by atoms with Gasteiger partial charge in [-0.1, -0.05) is 22.9 Å². The molecule has 0 radical (unpaired) electrons. The highest BCUT2D eigenvalue weighted by Crippen LogP contribution is 2.31. The Bertz CT molecular complexity index is 783. The van der Waals surface area contributed by atoms with Gasteiger partial charge in [0.05, 0.1) is 22.1 Å². The van der Waals surface area contributed by atoms with Gasteiger partial charge in [-0.25, -0.2) is 9.97 Å². The van der Waals surface area contributed by atoms with Gasteiger partial charge in [-0.15, -0.1) is 0 Å². The smallest absolute Gasteiger partial charge is 0.330 e. The van der Waals surface area contributed by atoms with Gasteiger partial charge in [0.2, 0.25) is 0 Å². The molecular weight excluding hydrogens is 323 g/mol. The van der Waals surface area contributed by atoms with Crippen LogP contribution in [0.3, 0.4) is 0 Å². The molecule has 0 aliphatic rings. The zero-order valence-electron chi connectivity index (χ0n) is 10.3. The summed E-state index contributed by atoms with van der Waals surface area (Å²) < 4.78 is 38.1. The van der Waals surface area contributed by atoms with Crippen molar-refractivity contribution in [3.8, 4) is 0 Å². The van der Waals surface area contributed by atoms with Crippen LogP contribution in [0.15, 0.2) is 36.5 Å². The predicted molar refractivity (Wildman–Crippen MR) is 77.2 cm³/mol. The minimum atomic E-state index is -4.44. The Kier molecular flexibility index (Phi) is 3.46. The number of aromatic nitrogens is 2. The number of rotatable bonds is 2. The third kappa shape index (κ3) is 3.08. The number of nitrogens with zero attached hydrogens (tertiary/aromatic N) is 2. The lowest BCUT2D eigenvalue weighted by Gasteiger charge is -2.06. The van der Waals surface area contributed by atoms with Crippen molar-refractivity contribution in [2.75, 3.05) is 5.32 Å². The monoisotopic (exact) mass is 329 g/mol. The van der Waals surface area contributed by atoms with Crippen molar-refractivity contribution >= 4 is 44.0 Å². The highest BCUT2D eigenvalue weighted by molar-refractivity contribution is 7.22. The largest absolute Gasteiger partial charge is 0.433 e. The number of alkyl halides is 3. The molecule has 0 amide bonds. The first-order valence-electron chi connectivity index (χ1n) is 5.78. The zero-order valence-corrected chi connectivity index (χ0v) is 11.9. The summed E-state index contributed by atoms with van der Waals surface area (Å²) in [5.74, 6) is 0. The molecule has 0 bridgehead atoms. The maximum Gasteiger partial charge on any atom is 0.433 e. The summed E-state index contributed by atoms with van der Waals surface area (Å²) in [6.45, 7) is 0. The Morgan fingerprint density at radius 1 is 1.14 bits per heavy atom. The lowest BCUT2D eigenvalue weighted by molar-refractivity contribution is -0.141. The van der Waals surface area contributed by atoms with Crippen molar-refractivity contribution in [3.63, 3.8) is 0 Å². The fraction of sp³-hybridized carbons (Fsp3) is 0.0769. The molecule has 2 aromatic heterocycles. The second-order valence-electron chi connectivity index (χ2n) is 4.19. The maximum atomic E-state index is 12.4. The number of anilines is 2. The molecule has 108 valence electrons. The minimum Gasteiger partial charge on any atom is -0.330 e. The van der Waals surface area contributed by atoms with E-state index >= 15 is 0 Å². The van der Waals surface area contributed by atoms with Gasteiger partial charge in [0.25, 0.3) is 0 Å². The summed E-state index contributed by atoms with van der Waals surface area (Å²) in [4.78, 5) is 7.70. The molecule has 0 atom stereocenters. The highest BCUT2D eigenvalue weighted by atomic mass is 35.5. The van der Waals surface area contributed by atoms with Crippen LogP contribution < -0.4 is 5.32 Å². The van der Waals surface area contributed by atoms with E-state index in [9.17, 15) is 13.2 Å². The molecule has 0 spiro atoms. The number of pyridine rings is 1. The zero-order chi connectivity index (χ0) is 15.0. The fourth-order valence-electron chi connectivity index (χ4n) is 1.71. The third-order valence-corrected chi connectivity index (χ3v) is 3.82. The van der Waals surface area contributed by atoms with Crippen LogP contribution in [0.2, 0.25) is 5.02 Å². The second kappa shape index (κ2) is 5.16. The van der Waals surface area contributed by atoms with Gasteiger partial charge in [0.15, 0.2) is 5.13 Å². The van der Waals surface area contributed by atoms with Crippen molar-refractivity contribution in [2.24, 2.45) is 0 Å². The Morgan fingerprint density at radius 3 is 2.62 bits per heavy atom. The summed E-state index contributed by atoms with van der Waals surface area (Å²) in [6.07, 6.45) is -3.31. The Morgan fingerprint density at radius 2 is 1.95 bits per heavy atom. The van der Waals surface area contributed by atoms with E-state index in [4.69, 9.17) is 11.6 Å². The minimum absolute atomic E-state index is 0.438. The third-order valence-electron chi connectivity index (χ3n) is 2.66. The molecule has 21 heavy (non-hydrogen) atoms. The number of thiazole rings is 1. The van der Waals surface area contributed by atoms with E-state index in [2.05, 4.69) is 15.3 Å². The topological polar surface area (TPSA) is 37.8 Å². The Balaban J connectivity index is 1.84. The van der Waals surface area contributed by atoms with Crippen molar-refractivity contribution in [2.45, 2.75) is 6.18 Å². The van der Waals surface area contributed by atoms with Crippen molar-refractivity contribution in [3.05, 3.63) is 47.2 Å². The number of halogens is 4. The molecule has 0 unspecified atom stereocenters. The van der Waals surface area contributed by atoms with Crippen molar-refractivity contribution in [1.82, 2.24) is 9.97 Å². The molecular formula is C13H7ClF3N3S. The van der Waals surface area contributed by atoms with Crippen LogP contribution in [-0.4, -0.2) is 9.97 Å². The SMILES string of the molecule is FC(F)(F)c1ccc(Nc2nc3ccc(Cl)cc3s2)cn1. The van der Waals surface area contributed by atoms with Crippen LogP contribution in [0.1, 0.15) is 5.69 Å². The van der Waals surface area contributed by atoms with E-state index in [1.54, 1.807) is 18.2 Å². The van der Waals surface area contributed by atoms with E-state index in [0.717, 1.165) is 22.5 Å². The molecule has 2 heterocycles. The number of hydrogen-bond donors (Lipinski definition) is 1. The summed E-state index contributed by atoms with van der Waals surface area (Å²) >= 11 is 7.25. The van der Waals surface area contributed by atoms with Crippen LogP contribution >= 0.6 is 22.9 Å². The average molecular weight is 330 g/mol. The molecule has 0 saturated heterocycles. The highest BCUT2D eigenvalue weighted by Gasteiger charge is 2.32. The Hall–Kier alpha value is -1.86. The lowest BCUT2D eigenvalue weighted by atomic mass is 10.3. The first-order chi connectivity index (χ1) is 9.91. The summed E-state index contributed by atoms with van der Waals surface area (Å²) in [5, 5.41) is 4.10. The van der Waals surface area contributed by atoms with Crippen LogP contribution in [0.4, 0.5) is 24.0 Å². The standard InChI is InChI=1S/C13H7ClF3N3S/c14-7-1-3-9-10(5-7)21-12(20-9)19-8-2-4-11(18-6-8)13(15,16)17/h1-6H,(H,19,20). The van der Waals surface area contributed by atoms with Gasteiger partial charge in [-0.05, 0) is 30.3 Å². The first-order valence-corrected chi connectivity index (χ1v) is 6.98. The normalized spacial score (nSPS) is 11.8. The van der Waals surface area contributed by atoms with Crippen LogP contribution in [0.25, 0.3) is 10.2 Å². The van der Waals surface area contributed by atoms with Gasteiger partial charge >= 0.3 is 6.18 Å². The molecule has 3 aromatic rings. The predicted octanol–water partition coefficient (Wildman–Crippen LogP) is 5.11. The maximum absolute atomic E-state index is 12.4. The van der Waals surface area contributed by atoms with E-state index in [1.807, 2.05) is 0 Å². The Labute approximate surface area is 126 Å². The van der Waals surface area contributed by atoms with Crippen LogP contribution in [0.5, 0.6) is 0 Å². The van der Waals surface area contributed by atoms with E-state index in [-0.39, 0.29) is 0 Å². The van der Waals surface area contributed by atoms with Crippen LogP contribution in [-0.2, 0) is 6.18 Å². The second-order valence-corrected chi connectivity index (χ2v) is 5.65. The summed E-state index contributed by atoms with van der Waals surface area (Å²) in [7, 11) is 0. The average Bonchev–Trinajstić information content (AvgIpc) is 2.79. The number of benzene rings is 1. The number of nitrogens with one attached hydrogen (secondary N) is 1. The fourth-order valence-corrected chi connectivity index (χ4v) is 2.87. The van der Waals surface area contributed by atoms with Crippen molar-refractivity contribution < 1.29 is 13.2 Å². The number of hydrogen-bond acceptors (Lipinski definition) is 4. The summed E-state index contributed by atoms with van der Waals surface area (Å²) in [6, 6.07) is 7.53.